The molecule has 0 bridgehead atoms. The lowest BCUT2D eigenvalue weighted by atomic mass is 10.1. The Labute approximate surface area is 83.7 Å². The maximum Gasteiger partial charge on any atom is 0.419 e. The Balaban J connectivity index is 3.04. The van der Waals surface area contributed by atoms with Crippen LogP contribution in [0.1, 0.15) is 5.56 Å². The van der Waals surface area contributed by atoms with Gasteiger partial charge in [-0.3, -0.25) is 4.79 Å². The first-order valence-corrected chi connectivity index (χ1v) is 3.96. The second-order valence-corrected chi connectivity index (χ2v) is 2.81. The molecule has 1 rings (SSSR count). The number of phenols is 1. The summed E-state index contributed by atoms with van der Waals surface area (Å²) in [6.45, 7) is 0. The second-order valence-electron chi connectivity index (χ2n) is 2.81. The molecule has 0 aliphatic carbocycles. The Morgan fingerprint density at radius 3 is 2.13 bits per heavy atom. The molecule has 0 fully saturated rings. The Morgan fingerprint density at radius 1 is 1.20 bits per heavy atom. The quantitative estimate of drug-likeness (QED) is 0.609. The molecule has 1 N–H and O–H groups in total. The van der Waals surface area contributed by atoms with Gasteiger partial charge >= 0.3 is 6.18 Å². The molecule has 0 aliphatic rings. The number of hydrogen-bond donors (Lipinski definition) is 1. The van der Waals surface area contributed by atoms with Gasteiger partial charge in [0.1, 0.15) is 5.75 Å². The molecule has 15 heavy (non-hydrogen) atoms. The molecule has 0 saturated carbocycles. The van der Waals surface area contributed by atoms with Gasteiger partial charge in [-0.2, -0.15) is 13.2 Å². The third kappa shape index (κ3) is 3.12. The summed E-state index contributed by atoms with van der Waals surface area (Å²) in [7, 11) is 0. The summed E-state index contributed by atoms with van der Waals surface area (Å²) in [6.07, 6.45) is -4.18. The molecule has 0 spiro atoms. The lowest BCUT2D eigenvalue weighted by Crippen LogP contribution is -2.12. The normalized spacial score (nSPS) is 12.6. The van der Waals surface area contributed by atoms with Crippen molar-refractivity contribution in [3.8, 4) is 5.75 Å². The lowest BCUT2D eigenvalue weighted by Gasteiger charge is -2.04. The van der Waals surface area contributed by atoms with Crippen molar-refractivity contribution in [1.29, 1.82) is 0 Å². The summed E-state index contributed by atoms with van der Waals surface area (Å²) in [6, 6.07) is 5.05. The number of alkyl halides is 3. The van der Waals surface area contributed by atoms with E-state index in [9.17, 15) is 18.0 Å². The van der Waals surface area contributed by atoms with E-state index in [1.165, 1.54) is 24.3 Å². The fraction of sp³-hybridized carbons (Fsp3) is 0.100. The van der Waals surface area contributed by atoms with Crippen LogP contribution in [-0.2, 0) is 4.79 Å². The maximum atomic E-state index is 12.1. The highest BCUT2D eigenvalue weighted by atomic mass is 19.4. The number of carbonyl (C=O) groups excluding carboxylic acids is 1. The molecule has 0 heterocycles. The maximum absolute atomic E-state index is 12.1. The van der Waals surface area contributed by atoms with Gasteiger partial charge in [-0.05, 0) is 23.8 Å². The number of benzene rings is 1. The molecule has 1 aromatic rings. The zero-order chi connectivity index (χ0) is 11.5. The van der Waals surface area contributed by atoms with E-state index in [-0.39, 0.29) is 17.6 Å². The van der Waals surface area contributed by atoms with Crippen molar-refractivity contribution < 1.29 is 23.1 Å². The molecule has 1 aromatic carbocycles. The molecule has 0 atom stereocenters. The Morgan fingerprint density at radius 2 is 1.73 bits per heavy atom. The average molecular weight is 216 g/mol. The van der Waals surface area contributed by atoms with Gasteiger partial charge in [0.25, 0.3) is 0 Å². The Bertz CT molecular complexity index is 377. The second kappa shape index (κ2) is 4.16. The molecular formula is C10H7F3O2. The van der Waals surface area contributed by atoms with Crippen LogP contribution in [0.15, 0.2) is 29.8 Å². The molecule has 2 nitrogen and oxygen atoms in total. The summed E-state index contributed by atoms with van der Waals surface area (Å²) < 4.78 is 36.4. The smallest absolute Gasteiger partial charge is 0.419 e. The third-order valence-corrected chi connectivity index (χ3v) is 1.67. The SMILES string of the molecule is O=C/C(=C\c1ccc(O)cc1)C(F)(F)F. The fourth-order valence-electron chi connectivity index (χ4n) is 0.933. The van der Waals surface area contributed by atoms with Crippen LogP contribution in [0.5, 0.6) is 5.75 Å². The average Bonchev–Trinajstić information content (AvgIpc) is 2.15. The number of aromatic hydroxyl groups is 1. The minimum Gasteiger partial charge on any atom is -0.508 e. The summed E-state index contributed by atoms with van der Waals surface area (Å²) >= 11 is 0. The number of aldehydes is 1. The molecule has 0 aliphatic heterocycles. The Hall–Kier alpha value is -1.78. The molecule has 0 radical (unpaired) electrons. The van der Waals surface area contributed by atoms with Crippen molar-refractivity contribution in [1.82, 2.24) is 0 Å². The molecule has 80 valence electrons. The van der Waals surface area contributed by atoms with Crippen LogP contribution < -0.4 is 0 Å². The molecule has 0 unspecified atom stereocenters. The van der Waals surface area contributed by atoms with Gasteiger partial charge in [0.2, 0.25) is 0 Å². The van der Waals surface area contributed by atoms with Crippen LogP contribution in [-0.4, -0.2) is 17.6 Å². The van der Waals surface area contributed by atoms with E-state index in [1.54, 1.807) is 0 Å². The zero-order valence-electron chi connectivity index (χ0n) is 7.45. The van der Waals surface area contributed by atoms with E-state index >= 15 is 0 Å². The Kier molecular flexibility index (Phi) is 3.14. The minimum absolute atomic E-state index is 0.0492. The summed E-state index contributed by atoms with van der Waals surface area (Å²) in [5.41, 5.74) is -1.06. The molecular weight excluding hydrogens is 209 g/mol. The lowest BCUT2D eigenvalue weighted by molar-refractivity contribution is -0.118. The minimum atomic E-state index is -4.65. The summed E-state index contributed by atoms with van der Waals surface area (Å²) in [5, 5.41) is 8.90. The third-order valence-electron chi connectivity index (χ3n) is 1.67. The number of allylic oxidation sites excluding steroid dienone is 1. The van der Waals surface area contributed by atoms with Crippen LogP contribution in [0.3, 0.4) is 0 Å². The predicted molar refractivity (Wildman–Crippen MR) is 48.2 cm³/mol. The highest BCUT2D eigenvalue weighted by molar-refractivity contribution is 5.83. The highest BCUT2D eigenvalue weighted by Crippen LogP contribution is 2.26. The van der Waals surface area contributed by atoms with Gasteiger partial charge in [-0.25, -0.2) is 0 Å². The van der Waals surface area contributed by atoms with E-state index in [1.807, 2.05) is 0 Å². The van der Waals surface area contributed by atoms with E-state index in [0.717, 1.165) is 0 Å². The van der Waals surface area contributed by atoms with Crippen LogP contribution in [0, 0.1) is 0 Å². The van der Waals surface area contributed by atoms with Gasteiger partial charge < -0.3 is 5.11 Å². The topological polar surface area (TPSA) is 37.3 Å². The van der Waals surface area contributed by atoms with Crippen molar-refractivity contribution in [2.45, 2.75) is 6.18 Å². The predicted octanol–water partition coefficient (Wildman–Crippen LogP) is 2.54. The molecule has 5 heteroatoms. The first kappa shape index (κ1) is 11.3. The largest absolute Gasteiger partial charge is 0.508 e. The molecule has 0 saturated heterocycles. The number of halogens is 3. The molecule has 0 amide bonds. The van der Waals surface area contributed by atoms with Crippen LogP contribution >= 0.6 is 0 Å². The number of hydrogen-bond acceptors (Lipinski definition) is 2. The van der Waals surface area contributed by atoms with E-state index < -0.39 is 11.7 Å². The van der Waals surface area contributed by atoms with Crippen molar-refractivity contribution in [2.75, 3.05) is 0 Å². The van der Waals surface area contributed by atoms with Gasteiger partial charge in [0.15, 0.2) is 6.29 Å². The van der Waals surface area contributed by atoms with Gasteiger partial charge in [0, 0.05) is 0 Å². The highest BCUT2D eigenvalue weighted by Gasteiger charge is 2.33. The van der Waals surface area contributed by atoms with Gasteiger partial charge in [0.05, 0.1) is 5.57 Å². The monoisotopic (exact) mass is 216 g/mol. The molecule has 0 aromatic heterocycles. The fourth-order valence-corrected chi connectivity index (χ4v) is 0.933. The van der Waals surface area contributed by atoms with Crippen molar-refractivity contribution >= 4 is 12.4 Å². The zero-order valence-corrected chi connectivity index (χ0v) is 7.45. The standard InChI is InChI=1S/C10H7F3O2/c11-10(12,13)8(6-14)5-7-1-3-9(15)4-2-7/h1-6,15H/b8-5+. The van der Waals surface area contributed by atoms with Crippen molar-refractivity contribution in [3.05, 3.63) is 35.4 Å². The van der Waals surface area contributed by atoms with E-state index in [2.05, 4.69) is 0 Å². The van der Waals surface area contributed by atoms with Gasteiger partial charge in [-0.15, -0.1) is 0 Å². The van der Waals surface area contributed by atoms with Crippen molar-refractivity contribution in [3.63, 3.8) is 0 Å². The number of phenolic OH excluding ortho intramolecular Hbond substituents is 1. The number of rotatable bonds is 2. The van der Waals surface area contributed by atoms with E-state index in [0.29, 0.717) is 6.08 Å². The van der Waals surface area contributed by atoms with Crippen LogP contribution in [0.2, 0.25) is 0 Å². The van der Waals surface area contributed by atoms with Gasteiger partial charge in [-0.1, -0.05) is 12.1 Å². The van der Waals surface area contributed by atoms with Crippen molar-refractivity contribution in [2.24, 2.45) is 0 Å². The first-order chi connectivity index (χ1) is 6.93. The first-order valence-electron chi connectivity index (χ1n) is 3.96. The number of carbonyl (C=O) groups is 1. The van der Waals surface area contributed by atoms with Crippen LogP contribution in [0.25, 0.3) is 6.08 Å². The summed E-state index contributed by atoms with van der Waals surface area (Å²) in [4.78, 5) is 10.2. The van der Waals surface area contributed by atoms with E-state index in [4.69, 9.17) is 5.11 Å². The summed E-state index contributed by atoms with van der Waals surface area (Å²) in [5.74, 6) is -0.0492. The van der Waals surface area contributed by atoms with Crippen LogP contribution in [0.4, 0.5) is 13.2 Å².